The van der Waals surface area contributed by atoms with Crippen molar-refractivity contribution < 1.29 is 0 Å². The first-order valence-electron chi connectivity index (χ1n) is 2.85. The summed E-state index contributed by atoms with van der Waals surface area (Å²) in [5.41, 5.74) is 2.12. The maximum Gasteiger partial charge on any atom is 0.0861 e. The molecule has 2 heterocycles. The Hall–Kier alpha value is -1.16. The third-order valence-corrected chi connectivity index (χ3v) is 1.93. The van der Waals surface area contributed by atoms with Gasteiger partial charge >= 0.3 is 0 Å². The Morgan fingerprint density at radius 1 is 1.50 bits per heavy atom. The molecule has 0 spiro atoms. The molecule has 0 unspecified atom stereocenters. The highest BCUT2D eigenvalue weighted by Crippen LogP contribution is 2.17. The van der Waals surface area contributed by atoms with Gasteiger partial charge in [0.25, 0.3) is 0 Å². The van der Waals surface area contributed by atoms with E-state index in [9.17, 15) is 0 Å². The van der Waals surface area contributed by atoms with Crippen molar-refractivity contribution in [2.45, 2.75) is 0 Å². The molecule has 0 aliphatic heterocycles. The van der Waals surface area contributed by atoms with Crippen molar-refractivity contribution in [3.63, 3.8) is 0 Å². The average molecular weight is 151 g/mol. The van der Waals surface area contributed by atoms with Gasteiger partial charge in [-0.1, -0.05) is 5.21 Å². The molecule has 2 aromatic heterocycles. The summed E-state index contributed by atoms with van der Waals surface area (Å²) in [7, 11) is 0. The number of rotatable bonds is 1. The fourth-order valence-electron chi connectivity index (χ4n) is 0.755. The topological polar surface area (TPSA) is 41.6 Å². The summed E-state index contributed by atoms with van der Waals surface area (Å²) in [6.45, 7) is 0. The van der Waals surface area contributed by atoms with Crippen LogP contribution in [0.2, 0.25) is 0 Å². The number of H-pyrrole nitrogens is 1. The number of aromatic amines is 1. The van der Waals surface area contributed by atoms with Crippen LogP contribution in [0.3, 0.4) is 0 Å². The number of nitrogens with zero attached hydrogens (tertiary/aromatic N) is 2. The van der Waals surface area contributed by atoms with E-state index in [-0.39, 0.29) is 0 Å². The van der Waals surface area contributed by atoms with Crippen LogP contribution >= 0.6 is 11.3 Å². The molecule has 0 fully saturated rings. The molecule has 50 valence electrons. The largest absolute Gasteiger partial charge is 0.258 e. The van der Waals surface area contributed by atoms with Gasteiger partial charge in [0.05, 0.1) is 11.9 Å². The first-order chi connectivity index (χ1) is 4.97. The molecule has 0 aliphatic rings. The zero-order chi connectivity index (χ0) is 6.81. The molecule has 0 radical (unpaired) electrons. The van der Waals surface area contributed by atoms with Crippen LogP contribution in [0.5, 0.6) is 0 Å². The van der Waals surface area contributed by atoms with Crippen LogP contribution in [-0.4, -0.2) is 15.4 Å². The van der Waals surface area contributed by atoms with Gasteiger partial charge in [0.1, 0.15) is 0 Å². The summed E-state index contributed by atoms with van der Waals surface area (Å²) in [6.07, 6.45) is 1.71. The van der Waals surface area contributed by atoms with E-state index < -0.39 is 0 Å². The number of thiophene rings is 1. The smallest absolute Gasteiger partial charge is 0.0861 e. The lowest BCUT2D eigenvalue weighted by molar-refractivity contribution is 0.942. The van der Waals surface area contributed by atoms with E-state index in [1.54, 1.807) is 17.5 Å². The maximum atomic E-state index is 3.68. The second kappa shape index (κ2) is 2.22. The first kappa shape index (κ1) is 5.61. The van der Waals surface area contributed by atoms with Gasteiger partial charge in [-0.3, -0.25) is 5.10 Å². The molecule has 4 heteroatoms. The van der Waals surface area contributed by atoms with Gasteiger partial charge in [-0.2, -0.15) is 11.3 Å². The lowest BCUT2D eigenvalue weighted by Crippen LogP contribution is -1.71. The Bertz CT molecular complexity index is 252. The Kier molecular flexibility index (Phi) is 1.25. The van der Waals surface area contributed by atoms with Crippen molar-refractivity contribution >= 4 is 11.3 Å². The number of aromatic nitrogens is 3. The van der Waals surface area contributed by atoms with Gasteiger partial charge < -0.3 is 0 Å². The molecular formula is C6H5N3S. The highest BCUT2D eigenvalue weighted by molar-refractivity contribution is 7.08. The molecular weight excluding hydrogens is 146 g/mol. The summed E-state index contributed by atoms with van der Waals surface area (Å²) in [6, 6.07) is 2.03. The predicted octanol–water partition coefficient (Wildman–Crippen LogP) is 1.53. The fourth-order valence-corrected chi connectivity index (χ4v) is 1.41. The van der Waals surface area contributed by atoms with Crippen molar-refractivity contribution in [3.05, 3.63) is 23.0 Å². The molecule has 0 bridgehead atoms. The third-order valence-electron chi connectivity index (χ3n) is 1.25. The van der Waals surface area contributed by atoms with Crippen LogP contribution in [-0.2, 0) is 0 Å². The number of hydrogen-bond donors (Lipinski definition) is 1. The predicted molar refractivity (Wildman–Crippen MR) is 39.7 cm³/mol. The second-order valence-electron chi connectivity index (χ2n) is 1.88. The van der Waals surface area contributed by atoms with Crippen molar-refractivity contribution in [3.8, 4) is 11.3 Å². The summed E-state index contributed by atoms with van der Waals surface area (Å²) >= 11 is 1.66. The minimum absolute atomic E-state index is 0.973. The van der Waals surface area contributed by atoms with E-state index in [1.165, 1.54) is 0 Å². The van der Waals surface area contributed by atoms with Crippen LogP contribution in [0.15, 0.2) is 23.0 Å². The van der Waals surface area contributed by atoms with Gasteiger partial charge in [0.15, 0.2) is 0 Å². The summed E-state index contributed by atoms with van der Waals surface area (Å²) in [5, 5.41) is 14.1. The van der Waals surface area contributed by atoms with Crippen LogP contribution in [0.25, 0.3) is 11.3 Å². The van der Waals surface area contributed by atoms with Crippen molar-refractivity contribution in [2.24, 2.45) is 0 Å². The van der Waals surface area contributed by atoms with Gasteiger partial charge in [0, 0.05) is 10.9 Å². The lowest BCUT2D eigenvalue weighted by atomic mass is 10.3. The molecule has 10 heavy (non-hydrogen) atoms. The minimum Gasteiger partial charge on any atom is -0.258 e. The quantitative estimate of drug-likeness (QED) is 0.671. The van der Waals surface area contributed by atoms with E-state index in [2.05, 4.69) is 20.8 Å². The van der Waals surface area contributed by atoms with E-state index in [1.807, 2.05) is 11.4 Å². The van der Waals surface area contributed by atoms with Gasteiger partial charge in [-0.15, -0.1) is 5.10 Å². The van der Waals surface area contributed by atoms with E-state index in [0.29, 0.717) is 0 Å². The minimum atomic E-state index is 0.973. The third kappa shape index (κ3) is 0.823. The molecule has 0 atom stereocenters. The van der Waals surface area contributed by atoms with Crippen LogP contribution in [0, 0.1) is 0 Å². The number of nitrogens with one attached hydrogen (secondary N) is 1. The highest BCUT2D eigenvalue weighted by Gasteiger charge is 1.96. The van der Waals surface area contributed by atoms with E-state index >= 15 is 0 Å². The fraction of sp³-hybridized carbons (Fsp3) is 0. The Balaban J connectivity index is 2.48. The summed E-state index contributed by atoms with van der Waals surface area (Å²) in [5.74, 6) is 0. The molecule has 1 N–H and O–H groups in total. The second-order valence-corrected chi connectivity index (χ2v) is 2.66. The van der Waals surface area contributed by atoms with Crippen molar-refractivity contribution in [1.29, 1.82) is 0 Å². The zero-order valence-corrected chi connectivity index (χ0v) is 5.93. The molecule has 0 saturated heterocycles. The normalized spacial score (nSPS) is 10.0. The monoisotopic (exact) mass is 151 g/mol. The van der Waals surface area contributed by atoms with E-state index in [0.717, 1.165) is 11.3 Å². The molecule has 2 rings (SSSR count). The van der Waals surface area contributed by atoms with Gasteiger partial charge in [-0.25, -0.2) is 0 Å². The van der Waals surface area contributed by atoms with Crippen LogP contribution < -0.4 is 0 Å². The first-order valence-corrected chi connectivity index (χ1v) is 3.80. The average Bonchev–Trinajstić information content (AvgIpc) is 2.59. The highest BCUT2D eigenvalue weighted by atomic mass is 32.1. The maximum absolute atomic E-state index is 3.68. The summed E-state index contributed by atoms with van der Waals surface area (Å²) in [4.78, 5) is 0. The SMILES string of the molecule is c1cc(-c2cnn[nH]2)cs1. The van der Waals surface area contributed by atoms with Gasteiger partial charge in [0.2, 0.25) is 0 Å². The van der Waals surface area contributed by atoms with Crippen molar-refractivity contribution in [2.75, 3.05) is 0 Å². The molecule has 0 aliphatic carbocycles. The lowest BCUT2D eigenvalue weighted by Gasteiger charge is -1.84. The Morgan fingerprint density at radius 2 is 2.50 bits per heavy atom. The van der Waals surface area contributed by atoms with Crippen LogP contribution in [0.1, 0.15) is 0 Å². The standard InChI is InChI=1S/C6H5N3S/c1-2-10-4-5(1)6-3-7-9-8-6/h1-4H,(H,7,8,9). The number of hydrogen-bond acceptors (Lipinski definition) is 3. The molecule has 0 amide bonds. The Morgan fingerprint density at radius 3 is 3.10 bits per heavy atom. The summed E-state index contributed by atoms with van der Waals surface area (Å²) < 4.78 is 0. The molecule has 0 saturated carbocycles. The molecule has 2 aromatic rings. The van der Waals surface area contributed by atoms with E-state index in [4.69, 9.17) is 0 Å². The van der Waals surface area contributed by atoms with Gasteiger partial charge in [-0.05, 0) is 11.4 Å². The van der Waals surface area contributed by atoms with Crippen molar-refractivity contribution in [1.82, 2.24) is 15.4 Å². The molecule has 3 nitrogen and oxygen atoms in total. The van der Waals surface area contributed by atoms with Crippen LogP contribution in [0.4, 0.5) is 0 Å². The zero-order valence-electron chi connectivity index (χ0n) is 5.11. The Labute approximate surface area is 61.7 Å². The molecule has 0 aromatic carbocycles.